The number of hydrogen-bond acceptors (Lipinski definition) is 6. The number of aryl methyl sites for hydroxylation is 2. The third kappa shape index (κ3) is 3.71. The number of hydrogen-bond donors (Lipinski definition) is 1. The Morgan fingerprint density at radius 1 is 1.23 bits per heavy atom. The molecule has 7 nitrogen and oxygen atoms in total. The van der Waals surface area contributed by atoms with Gasteiger partial charge in [0.05, 0.1) is 19.1 Å². The zero-order chi connectivity index (χ0) is 18.8. The topological polar surface area (TPSA) is 94.8 Å². The predicted octanol–water partition coefficient (Wildman–Crippen LogP) is 1.78. The van der Waals surface area contributed by atoms with Crippen LogP contribution in [0.3, 0.4) is 0 Å². The van der Waals surface area contributed by atoms with Crippen molar-refractivity contribution in [3.8, 4) is 5.75 Å². The molecule has 3 rings (SSSR count). The highest BCUT2D eigenvalue weighted by molar-refractivity contribution is 5.87. The molecule has 7 heteroatoms. The van der Waals surface area contributed by atoms with Crippen LogP contribution in [-0.4, -0.2) is 31.6 Å². The van der Waals surface area contributed by atoms with Gasteiger partial charge in [-0.3, -0.25) is 9.59 Å². The zero-order valence-electron chi connectivity index (χ0n) is 15.0. The second-order valence-electron chi connectivity index (χ2n) is 6.44. The van der Waals surface area contributed by atoms with Gasteiger partial charge in [-0.1, -0.05) is 0 Å². The summed E-state index contributed by atoms with van der Waals surface area (Å²) in [6, 6.07) is 3.77. The van der Waals surface area contributed by atoms with Crippen LogP contribution in [0.15, 0.2) is 21.3 Å². The number of ether oxygens (including phenoxy) is 2. The highest BCUT2D eigenvalue weighted by atomic mass is 16.5. The van der Waals surface area contributed by atoms with Crippen molar-refractivity contribution in [1.29, 1.82) is 0 Å². The first-order valence-corrected chi connectivity index (χ1v) is 8.45. The third-order valence-corrected chi connectivity index (χ3v) is 4.50. The summed E-state index contributed by atoms with van der Waals surface area (Å²) in [6.45, 7) is 3.44. The number of carbonyl (C=O) groups is 2. The first-order chi connectivity index (χ1) is 12.4. The van der Waals surface area contributed by atoms with Crippen molar-refractivity contribution in [3.05, 3.63) is 39.2 Å². The monoisotopic (exact) mass is 359 g/mol. The van der Waals surface area contributed by atoms with Crippen LogP contribution in [0.1, 0.15) is 29.5 Å². The first kappa shape index (κ1) is 18.0. The number of carbonyl (C=O) groups excluding carboxylic acids is 2. The van der Waals surface area contributed by atoms with Crippen molar-refractivity contribution in [2.45, 2.75) is 39.2 Å². The van der Waals surface area contributed by atoms with Crippen LogP contribution in [0.25, 0.3) is 11.0 Å². The van der Waals surface area contributed by atoms with Gasteiger partial charge >= 0.3 is 11.6 Å². The normalized spacial score (nSPS) is 13.5. The predicted molar refractivity (Wildman–Crippen MR) is 94.3 cm³/mol. The van der Waals surface area contributed by atoms with Crippen molar-refractivity contribution in [2.24, 2.45) is 0 Å². The van der Waals surface area contributed by atoms with E-state index in [0.717, 1.165) is 18.2 Å². The first-order valence-electron chi connectivity index (χ1n) is 8.45. The van der Waals surface area contributed by atoms with Gasteiger partial charge in [-0.25, -0.2) is 4.79 Å². The van der Waals surface area contributed by atoms with Gasteiger partial charge < -0.3 is 19.2 Å². The number of methoxy groups -OCH3 is 1. The fourth-order valence-corrected chi connectivity index (χ4v) is 2.79. The number of esters is 1. The van der Waals surface area contributed by atoms with Crippen LogP contribution in [0.5, 0.6) is 5.75 Å². The average Bonchev–Trinajstić information content (AvgIpc) is 3.42. The van der Waals surface area contributed by atoms with Crippen LogP contribution >= 0.6 is 0 Å². The van der Waals surface area contributed by atoms with E-state index in [1.54, 1.807) is 26.0 Å². The molecule has 1 aliphatic carbocycles. The standard InChI is InChI=1S/C19H21NO6/c1-10-13-6-7-15(25-9-16(21)20-12-4-5-12)11(2)18(13)26-19(23)14(10)8-17(22)24-3/h6-7,12H,4-5,8-9H2,1-3H3,(H,20,21). The lowest BCUT2D eigenvalue weighted by Crippen LogP contribution is -2.30. The van der Waals surface area contributed by atoms with Gasteiger partial charge in [-0.15, -0.1) is 0 Å². The molecule has 0 atom stereocenters. The van der Waals surface area contributed by atoms with Crippen molar-refractivity contribution >= 4 is 22.8 Å². The van der Waals surface area contributed by atoms with E-state index in [1.807, 2.05) is 0 Å². The van der Waals surface area contributed by atoms with Gasteiger partial charge in [0.1, 0.15) is 11.3 Å². The maximum atomic E-state index is 12.3. The van der Waals surface area contributed by atoms with Gasteiger partial charge in [-0.2, -0.15) is 0 Å². The molecule has 26 heavy (non-hydrogen) atoms. The lowest BCUT2D eigenvalue weighted by Gasteiger charge is -2.13. The van der Waals surface area contributed by atoms with E-state index in [1.165, 1.54) is 7.11 Å². The number of nitrogens with one attached hydrogen (secondary N) is 1. The number of benzene rings is 1. The van der Waals surface area contributed by atoms with Crippen LogP contribution in [-0.2, 0) is 20.7 Å². The number of fused-ring (bicyclic) bond motifs is 1. The fraction of sp³-hybridized carbons (Fsp3) is 0.421. The van der Waals surface area contributed by atoms with Gasteiger partial charge in [0.25, 0.3) is 5.91 Å². The molecule has 0 spiro atoms. The number of amides is 1. The minimum Gasteiger partial charge on any atom is -0.483 e. The molecule has 138 valence electrons. The summed E-state index contributed by atoms with van der Waals surface area (Å²) in [6.07, 6.45) is 1.89. The zero-order valence-corrected chi connectivity index (χ0v) is 15.0. The Morgan fingerprint density at radius 2 is 1.96 bits per heavy atom. The Labute approximate surface area is 150 Å². The fourth-order valence-electron chi connectivity index (χ4n) is 2.79. The molecular formula is C19H21NO6. The Kier molecular flexibility index (Phi) is 4.97. The maximum Gasteiger partial charge on any atom is 0.340 e. The van der Waals surface area contributed by atoms with Crippen LogP contribution < -0.4 is 15.7 Å². The summed E-state index contributed by atoms with van der Waals surface area (Å²) < 4.78 is 15.6. The van der Waals surface area contributed by atoms with E-state index in [0.29, 0.717) is 22.5 Å². The Bertz CT molecular complexity index is 926. The minimum atomic E-state index is -0.577. The van der Waals surface area contributed by atoms with Crippen molar-refractivity contribution in [2.75, 3.05) is 13.7 Å². The van der Waals surface area contributed by atoms with Crippen LogP contribution in [0.2, 0.25) is 0 Å². The molecule has 1 amide bonds. The second-order valence-corrected chi connectivity index (χ2v) is 6.44. The van der Waals surface area contributed by atoms with E-state index >= 15 is 0 Å². The quantitative estimate of drug-likeness (QED) is 0.624. The van der Waals surface area contributed by atoms with Crippen molar-refractivity contribution < 1.29 is 23.5 Å². The number of rotatable bonds is 6. The molecule has 1 aromatic heterocycles. The van der Waals surface area contributed by atoms with E-state index in [9.17, 15) is 14.4 Å². The van der Waals surface area contributed by atoms with Crippen molar-refractivity contribution in [3.63, 3.8) is 0 Å². The highest BCUT2D eigenvalue weighted by Crippen LogP contribution is 2.29. The molecule has 0 bridgehead atoms. The van der Waals surface area contributed by atoms with Crippen LogP contribution in [0, 0.1) is 13.8 Å². The Hall–Kier alpha value is -2.83. The lowest BCUT2D eigenvalue weighted by molar-refractivity contribution is -0.139. The van der Waals surface area contributed by atoms with Gasteiger partial charge in [0.15, 0.2) is 6.61 Å². The Balaban J connectivity index is 1.88. The molecule has 1 aromatic carbocycles. The largest absolute Gasteiger partial charge is 0.483 e. The molecule has 1 N–H and O–H groups in total. The molecular weight excluding hydrogens is 338 g/mol. The van der Waals surface area contributed by atoms with Gasteiger partial charge in [-0.05, 0) is 44.4 Å². The maximum absolute atomic E-state index is 12.3. The average molecular weight is 359 g/mol. The van der Waals surface area contributed by atoms with Crippen LogP contribution in [0.4, 0.5) is 0 Å². The molecule has 0 aliphatic heterocycles. The molecule has 2 aromatic rings. The minimum absolute atomic E-state index is 0.0908. The SMILES string of the molecule is COC(=O)Cc1c(C)c2ccc(OCC(=O)NC3CC3)c(C)c2oc1=O. The molecule has 0 saturated heterocycles. The summed E-state index contributed by atoms with van der Waals surface area (Å²) in [5.74, 6) is -0.192. The van der Waals surface area contributed by atoms with Crippen molar-refractivity contribution in [1.82, 2.24) is 5.32 Å². The third-order valence-electron chi connectivity index (χ3n) is 4.50. The smallest absolute Gasteiger partial charge is 0.340 e. The summed E-state index contributed by atoms with van der Waals surface area (Å²) in [5, 5.41) is 3.57. The summed E-state index contributed by atoms with van der Waals surface area (Å²) in [5.41, 5.74) is 1.39. The van der Waals surface area contributed by atoms with E-state index < -0.39 is 11.6 Å². The molecule has 0 unspecified atom stereocenters. The van der Waals surface area contributed by atoms with Gasteiger partial charge in [0.2, 0.25) is 0 Å². The highest BCUT2D eigenvalue weighted by Gasteiger charge is 2.23. The molecule has 1 saturated carbocycles. The summed E-state index contributed by atoms with van der Waals surface area (Å²) >= 11 is 0. The lowest BCUT2D eigenvalue weighted by atomic mass is 10.0. The molecule has 0 radical (unpaired) electrons. The van der Waals surface area contributed by atoms with E-state index in [-0.39, 0.29) is 30.5 Å². The summed E-state index contributed by atoms with van der Waals surface area (Å²) in [4.78, 5) is 35.6. The van der Waals surface area contributed by atoms with E-state index in [2.05, 4.69) is 10.1 Å². The molecule has 1 fully saturated rings. The van der Waals surface area contributed by atoms with E-state index in [4.69, 9.17) is 9.15 Å². The Morgan fingerprint density at radius 3 is 2.62 bits per heavy atom. The van der Waals surface area contributed by atoms with Gasteiger partial charge in [0, 0.05) is 17.0 Å². The second kappa shape index (κ2) is 7.19. The molecule has 1 heterocycles. The summed E-state index contributed by atoms with van der Waals surface area (Å²) in [7, 11) is 1.27. The molecule has 1 aliphatic rings.